The molecule has 0 heterocycles. The minimum absolute atomic E-state index is 0.576. The molecule has 1 aliphatic rings. The molecule has 108 valence electrons. The van der Waals surface area contributed by atoms with Crippen LogP contribution < -0.4 is 5.32 Å². The Balaban J connectivity index is 2.46. The van der Waals surface area contributed by atoms with E-state index in [2.05, 4.69) is 39.9 Å². The van der Waals surface area contributed by atoms with Gasteiger partial charge in [-0.25, -0.2) is 0 Å². The van der Waals surface area contributed by atoms with E-state index in [9.17, 15) is 0 Å². The van der Waals surface area contributed by atoms with Crippen molar-refractivity contribution in [3.8, 4) is 0 Å². The topological polar surface area (TPSA) is 12.0 Å². The van der Waals surface area contributed by atoms with E-state index >= 15 is 0 Å². The monoisotopic (exact) mass is 253 g/mol. The molecule has 1 heteroatoms. The number of hydrogen-bond acceptors (Lipinski definition) is 1. The van der Waals surface area contributed by atoms with Crippen LogP contribution in [-0.2, 0) is 0 Å². The van der Waals surface area contributed by atoms with Gasteiger partial charge >= 0.3 is 0 Å². The van der Waals surface area contributed by atoms with Crippen molar-refractivity contribution < 1.29 is 0 Å². The van der Waals surface area contributed by atoms with Crippen LogP contribution in [0.25, 0.3) is 0 Å². The van der Waals surface area contributed by atoms with E-state index < -0.39 is 0 Å². The number of nitrogens with one attached hydrogen (secondary N) is 1. The second kappa shape index (κ2) is 7.53. The van der Waals surface area contributed by atoms with Gasteiger partial charge in [-0.2, -0.15) is 0 Å². The molecule has 1 aliphatic carbocycles. The maximum absolute atomic E-state index is 3.70. The predicted molar refractivity (Wildman–Crippen MR) is 81.9 cm³/mol. The Kier molecular flexibility index (Phi) is 6.70. The molecule has 0 amide bonds. The fraction of sp³-hybridized carbons (Fsp3) is 1.00. The summed E-state index contributed by atoms with van der Waals surface area (Å²) in [5, 5.41) is 3.70. The van der Waals surface area contributed by atoms with Gasteiger partial charge in [0.25, 0.3) is 0 Å². The number of rotatable bonds is 7. The van der Waals surface area contributed by atoms with Gasteiger partial charge < -0.3 is 5.32 Å². The highest BCUT2D eigenvalue weighted by Crippen LogP contribution is 2.45. The third-order valence-corrected chi connectivity index (χ3v) is 5.15. The van der Waals surface area contributed by atoms with E-state index in [1.807, 2.05) is 0 Å². The van der Waals surface area contributed by atoms with Gasteiger partial charge in [0.2, 0.25) is 0 Å². The zero-order valence-electron chi connectivity index (χ0n) is 13.4. The van der Waals surface area contributed by atoms with Crippen molar-refractivity contribution >= 4 is 0 Å². The molecule has 0 spiro atoms. The normalized spacial score (nSPS) is 29.2. The van der Waals surface area contributed by atoms with Crippen LogP contribution in [-0.4, -0.2) is 12.6 Å². The molecule has 0 atom stereocenters. The van der Waals surface area contributed by atoms with Crippen LogP contribution in [0.15, 0.2) is 0 Å². The Morgan fingerprint density at radius 3 is 2.17 bits per heavy atom. The Labute approximate surface area is 115 Å². The van der Waals surface area contributed by atoms with Crippen LogP contribution in [0, 0.1) is 17.3 Å². The Morgan fingerprint density at radius 1 is 1.11 bits per heavy atom. The molecule has 0 saturated heterocycles. The van der Waals surface area contributed by atoms with E-state index in [0.29, 0.717) is 11.5 Å². The third-order valence-electron chi connectivity index (χ3n) is 5.15. The average molecular weight is 253 g/mol. The maximum Gasteiger partial charge on any atom is 0.00126 e. The highest BCUT2D eigenvalue weighted by molar-refractivity contribution is 4.90. The van der Waals surface area contributed by atoms with Crippen LogP contribution in [0.2, 0.25) is 0 Å². The molecule has 0 unspecified atom stereocenters. The first kappa shape index (κ1) is 16.0. The molecule has 0 radical (unpaired) electrons. The summed E-state index contributed by atoms with van der Waals surface area (Å²) >= 11 is 0. The third kappa shape index (κ3) is 4.57. The van der Waals surface area contributed by atoms with Crippen LogP contribution in [0.1, 0.15) is 79.6 Å². The van der Waals surface area contributed by atoms with Gasteiger partial charge in [0.1, 0.15) is 0 Å². The Morgan fingerprint density at radius 2 is 1.72 bits per heavy atom. The zero-order chi connectivity index (χ0) is 13.6. The summed E-state index contributed by atoms with van der Waals surface area (Å²) < 4.78 is 0. The Hall–Kier alpha value is -0.0400. The van der Waals surface area contributed by atoms with Crippen molar-refractivity contribution in [2.24, 2.45) is 17.3 Å². The molecule has 0 aromatic heterocycles. The largest absolute Gasteiger partial charge is 0.314 e. The maximum atomic E-state index is 3.70. The first-order valence-electron chi connectivity index (χ1n) is 8.23. The minimum Gasteiger partial charge on any atom is -0.314 e. The zero-order valence-corrected chi connectivity index (χ0v) is 13.4. The highest BCUT2D eigenvalue weighted by Gasteiger charge is 2.37. The fourth-order valence-corrected chi connectivity index (χ4v) is 3.40. The van der Waals surface area contributed by atoms with Crippen molar-refractivity contribution in [2.75, 3.05) is 6.54 Å². The summed E-state index contributed by atoms with van der Waals surface area (Å²) in [6.07, 6.45) is 10.1. The SMILES string of the molecule is CCCCC1CCC(CNC(C)C)(C(C)C)CC1. The van der Waals surface area contributed by atoms with E-state index in [4.69, 9.17) is 0 Å². The van der Waals surface area contributed by atoms with E-state index in [1.54, 1.807) is 0 Å². The molecule has 0 aliphatic heterocycles. The highest BCUT2D eigenvalue weighted by atomic mass is 14.9. The molecule has 1 rings (SSSR count). The van der Waals surface area contributed by atoms with Crippen molar-refractivity contribution in [1.29, 1.82) is 0 Å². The molecule has 1 N–H and O–H groups in total. The second-order valence-corrected chi connectivity index (χ2v) is 7.14. The minimum atomic E-state index is 0.576. The van der Waals surface area contributed by atoms with Crippen molar-refractivity contribution in [1.82, 2.24) is 5.32 Å². The first-order valence-corrected chi connectivity index (χ1v) is 8.23. The first-order chi connectivity index (χ1) is 8.50. The summed E-state index contributed by atoms with van der Waals surface area (Å²) in [5.41, 5.74) is 0.576. The second-order valence-electron chi connectivity index (χ2n) is 7.14. The van der Waals surface area contributed by atoms with Gasteiger partial charge in [0, 0.05) is 12.6 Å². The lowest BCUT2D eigenvalue weighted by Crippen LogP contribution is -2.43. The van der Waals surface area contributed by atoms with Crippen LogP contribution in [0.3, 0.4) is 0 Å². The van der Waals surface area contributed by atoms with Crippen LogP contribution in [0.5, 0.6) is 0 Å². The van der Waals surface area contributed by atoms with Crippen molar-refractivity contribution in [3.63, 3.8) is 0 Å². The Bertz CT molecular complexity index is 212. The summed E-state index contributed by atoms with van der Waals surface area (Å²) in [5.74, 6) is 1.84. The summed E-state index contributed by atoms with van der Waals surface area (Å²) in [7, 11) is 0. The lowest BCUT2D eigenvalue weighted by Gasteiger charge is -2.44. The molecule has 1 nitrogen and oxygen atoms in total. The summed E-state index contributed by atoms with van der Waals surface area (Å²) in [6, 6.07) is 0.624. The quantitative estimate of drug-likeness (QED) is 0.672. The predicted octanol–water partition coefficient (Wildman–Crippen LogP) is 5.01. The van der Waals surface area contributed by atoms with Crippen molar-refractivity contribution in [2.45, 2.75) is 85.6 Å². The van der Waals surface area contributed by atoms with Crippen molar-refractivity contribution in [3.05, 3.63) is 0 Å². The molecular weight excluding hydrogens is 218 g/mol. The molecule has 0 aromatic carbocycles. The van der Waals surface area contributed by atoms with Gasteiger partial charge in [-0.3, -0.25) is 0 Å². The fourth-order valence-electron chi connectivity index (χ4n) is 3.40. The molecule has 0 bridgehead atoms. The summed E-state index contributed by atoms with van der Waals surface area (Å²) in [6.45, 7) is 12.9. The van der Waals surface area contributed by atoms with Gasteiger partial charge in [0.15, 0.2) is 0 Å². The molecule has 0 aromatic rings. The van der Waals surface area contributed by atoms with Gasteiger partial charge in [0.05, 0.1) is 0 Å². The summed E-state index contributed by atoms with van der Waals surface area (Å²) in [4.78, 5) is 0. The molecule has 1 fully saturated rings. The lowest BCUT2D eigenvalue weighted by molar-refractivity contribution is 0.0836. The van der Waals surface area contributed by atoms with Gasteiger partial charge in [-0.05, 0) is 42.9 Å². The lowest BCUT2D eigenvalue weighted by atomic mass is 9.64. The number of unbranched alkanes of at least 4 members (excludes halogenated alkanes) is 1. The van der Waals surface area contributed by atoms with Gasteiger partial charge in [-0.15, -0.1) is 0 Å². The van der Waals surface area contributed by atoms with Crippen LogP contribution >= 0.6 is 0 Å². The van der Waals surface area contributed by atoms with E-state index in [-0.39, 0.29) is 0 Å². The molecule has 1 saturated carbocycles. The molecular formula is C17H35N. The standard InChI is InChI=1S/C17H35N/c1-6-7-8-16-9-11-17(12-10-16,14(2)3)13-18-15(4)5/h14-16,18H,6-13H2,1-5H3. The van der Waals surface area contributed by atoms with E-state index in [0.717, 1.165) is 11.8 Å². The van der Waals surface area contributed by atoms with E-state index in [1.165, 1.54) is 51.5 Å². The number of hydrogen-bond donors (Lipinski definition) is 1. The smallest absolute Gasteiger partial charge is 0.00126 e. The van der Waals surface area contributed by atoms with Crippen LogP contribution in [0.4, 0.5) is 0 Å². The molecule has 18 heavy (non-hydrogen) atoms. The average Bonchev–Trinajstić information content (AvgIpc) is 2.35. The van der Waals surface area contributed by atoms with Gasteiger partial charge in [-0.1, -0.05) is 53.9 Å².